The summed E-state index contributed by atoms with van der Waals surface area (Å²) in [7, 11) is 0. The van der Waals surface area contributed by atoms with Gasteiger partial charge in [0.1, 0.15) is 0 Å². The van der Waals surface area contributed by atoms with E-state index in [1.54, 1.807) is 0 Å². The minimum Gasteiger partial charge on any atom is -0.466 e. The van der Waals surface area contributed by atoms with Gasteiger partial charge in [0, 0.05) is 6.42 Å². The van der Waals surface area contributed by atoms with Gasteiger partial charge in [0.05, 0.1) is 13.2 Å². The van der Waals surface area contributed by atoms with E-state index in [0.29, 0.717) is 19.6 Å². The number of isocyanates is 1. The zero-order chi connectivity index (χ0) is 12.1. The van der Waals surface area contributed by atoms with Crippen molar-refractivity contribution in [2.45, 2.75) is 51.9 Å². The summed E-state index contributed by atoms with van der Waals surface area (Å²) in [4.78, 5) is 24.2. The first-order chi connectivity index (χ1) is 7.81. The van der Waals surface area contributed by atoms with Crippen molar-refractivity contribution in [1.82, 2.24) is 0 Å². The molecule has 0 aliphatic rings. The number of nitrogens with zero attached hydrogens (tertiary/aromatic N) is 1. The maximum absolute atomic E-state index is 11.0. The lowest BCUT2D eigenvalue weighted by Gasteiger charge is -2.01. The van der Waals surface area contributed by atoms with Crippen molar-refractivity contribution < 1.29 is 14.3 Å². The fourth-order valence-corrected chi connectivity index (χ4v) is 1.45. The third-order valence-corrected chi connectivity index (χ3v) is 2.27. The van der Waals surface area contributed by atoms with Crippen LogP contribution in [-0.2, 0) is 14.3 Å². The summed E-state index contributed by atoms with van der Waals surface area (Å²) in [5, 5.41) is 0. The molecule has 4 nitrogen and oxygen atoms in total. The van der Waals surface area contributed by atoms with Crippen LogP contribution >= 0.6 is 0 Å². The number of carbonyl (C=O) groups excluding carboxylic acids is 2. The molecule has 0 heterocycles. The van der Waals surface area contributed by atoms with Gasteiger partial charge in [-0.15, -0.1) is 0 Å². The zero-order valence-corrected chi connectivity index (χ0v) is 10.0. The molecule has 0 aromatic rings. The van der Waals surface area contributed by atoms with Gasteiger partial charge in [-0.3, -0.25) is 4.79 Å². The minimum absolute atomic E-state index is 0.0946. The molecule has 0 radical (unpaired) electrons. The van der Waals surface area contributed by atoms with Crippen LogP contribution in [0.5, 0.6) is 0 Å². The van der Waals surface area contributed by atoms with E-state index in [1.807, 2.05) is 6.92 Å². The SMILES string of the molecule is CCOC(=O)CCCCCCCCN=C=O. The van der Waals surface area contributed by atoms with Crippen molar-refractivity contribution in [2.24, 2.45) is 4.99 Å². The summed E-state index contributed by atoms with van der Waals surface area (Å²) >= 11 is 0. The molecule has 0 bridgehead atoms. The summed E-state index contributed by atoms with van der Waals surface area (Å²) in [6.45, 7) is 2.88. The van der Waals surface area contributed by atoms with Gasteiger partial charge < -0.3 is 4.74 Å². The molecule has 0 N–H and O–H groups in total. The first-order valence-electron chi connectivity index (χ1n) is 6.00. The number of ether oxygens (including phenoxy) is 1. The second-order valence-corrected chi connectivity index (χ2v) is 3.65. The Kier molecular flexibility index (Phi) is 11.1. The fourth-order valence-electron chi connectivity index (χ4n) is 1.45. The van der Waals surface area contributed by atoms with Gasteiger partial charge in [0.15, 0.2) is 0 Å². The largest absolute Gasteiger partial charge is 0.466 e. The Labute approximate surface area is 97.1 Å². The van der Waals surface area contributed by atoms with Crippen molar-refractivity contribution in [3.05, 3.63) is 0 Å². The minimum atomic E-state index is -0.0946. The van der Waals surface area contributed by atoms with E-state index in [0.717, 1.165) is 38.5 Å². The molecule has 0 rings (SSSR count). The topological polar surface area (TPSA) is 55.7 Å². The van der Waals surface area contributed by atoms with Crippen LogP contribution < -0.4 is 0 Å². The molecule has 0 unspecified atom stereocenters. The molecule has 0 aromatic carbocycles. The molecule has 16 heavy (non-hydrogen) atoms. The fraction of sp³-hybridized carbons (Fsp3) is 0.833. The van der Waals surface area contributed by atoms with E-state index >= 15 is 0 Å². The Morgan fingerprint density at radius 1 is 1.12 bits per heavy atom. The van der Waals surface area contributed by atoms with Crippen molar-refractivity contribution in [2.75, 3.05) is 13.2 Å². The average Bonchev–Trinajstić information content (AvgIpc) is 2.27. The first-order valence-corrected chi connectivity index (χ1v) is 6.00. The summed E-state index contributed by atoms with van der Waals surface area (Å²) in [5.41, 5.74) is 0. The highest BCUT2D eigenvalue weighted by molar-refractivity contribution is 5.69. The number of aliphatic imine (C=N–C) groups is 1. The number of esters is 1. The number of hydrogen-bond donors (Lipinski definition) is 0. The summed E-state index contributed by atoms with van der Waals surface area (Å²) in [6.07, 6.45) is 8.34. The van der Waals surface area contributed by atoms with E-state index in [9.17, 15) is 9.59 Å². The molecule has 0 aliphatic heterocycles. The molecule has 0 spiro atoms. The quantitative estimate of drug-likeness (QED) is 0.249. The molecule has 0 aromatic heterocycles. The van der Waals surface area contributed by atoms with Crippen LogP contribution in [0, 0.1) is 0 Å². The van der Waals surface area contributed by atoms with Crippen molar-refractivity contribution >= 4 is 12.0 Å². The van der Waals surface area contributed by atoms with Crippen LogP contribution in [0.3, 0.4) is 0 Å². The molecule has 0 atom stereocenters. The van der Waals surface area contributed by atoms with E-state index < -0.39 is 0 Å². The van der Waals surface area contributed by atoms with E-state index in [1.165, 1.54) is 6.08 Å². The standard InChI is InChI=1S/C12H21NO3/c1-2-16-12(15)9-7-5-3-4-6-8-10-13-11-14/h2-10H2,1H3. The first kappa shape index (κ1) is 14.8. The van der Waals surface area contributed by atoms with Crippen LogP contribution in [0.25, 0.3) is 0 Å². The number of rotatable bonds is 10. The maximum atomic E-state index is 11.0. The molecule has 0 aliphatic carbocycles. The molecule has 0 amide bonds. The monoisotopic (exact) mass is 227 g/mol. The normalized spacial score (nSPS) is 9.56. The highest BCUT2D eigenvalue weighted by Crippen LogP contribution is 2.07. The lowest BCUT2D eigenvalue weighted by Crippen LogP contribution is -2.03. The Hall–Kier alpha value is -1.15. The number of hydrogen-bond acceptors (Lipinski definition) is 4. The van der Waals surface area contributed by atoms with Crippen molar-refractivity contribution in [3.8, 4) is 0 Å². The molecule has 92 valence electrons. The third-order valence-electron chi connectivity index (χ3n) is 2.27. The van der Waals surface area contributed by atoms with Crippen LogP contribution in [-0.4, -0.2) is 25.2 Å². The van der Waals surface area contributed by atoms with Gasteiger partial charge in [-0.05, 0) is 19.8 Å². The predicted molar refractivity (Wildman–Crippen MR) is 61.9 cm³/mol. The molecule has 0 saturated carbocycles. The Bertz CT molecular complexity index is 222. The second-order valence-electron chi connectivity index (χ2n) is 3.65. The molecule has 0 fully saturated rings. The lowest BCUT2D eigenvalue weighted by atomic mass is 10.1. The van der Waals surface area contributed by atoms with Crippen LogP contribution in [0.4, 0.5) is 0 Å². The zero-order valence-electron chi connectivity index (χ0n) is 10.0. The second kappa shape index (κ2) is 11.9. The van der Waals surface area contributed by atoms with Gasteiger partial charge in [0.2, 0.25) is 6.08 Å². The summed E-state index contributed by atoms with van der Waals surface area (Å²) in [5.74, 6) is -0.0946. The predicted octanol–water partition coefficient (Wildman–Crippen LogP) is 2.62. The molecule has 4 heteroatoms. The lowest BCUT2D eigenvalue weighted by molar-refractivity contribution is -0.143. The Balaban J connectivity index is 3.09. The van der Waals surface area contributed by atoms with Crippen LogP contribution in [0.2, 0.25) is 0 Å². The highest BCUT2D eigenvalue weighted by atomic mass is 16.5. The van der Waals surface area contributed by atoms with Crippen molar-refractivity contribution in [3.63, 3.8) is 0 Å². The summed E-state index contributed by atoms with van der Waals surface area (Å²) < 4.78 is 4.83. The number of unbranched alkanes of at least 4 members (excludes halogenated alkanes) is 5. The Morgan fingerprint density at radius 2 is 1.75 bits per heavy atom. The molecular formula is C12H21NO3. The van der Waals surface area contributed by atoms with E-state index in [2.05, 4.69) is 4.99 Å². The molecule has 0 saturated heterocycles. The van der Waals surface area contributed by atoms with Crippen LogP contribution in [0.1, 0.15) is 51.9 Å². The Morgan fingerprint density at radius 3 is 2.38 bits per heavy atom. The third kappa shape index (κ3) is 10.9. The summed E-state index contributed by atoms with van der Waals surface area (Å²) in [6, 6.07) is 0. The van der Waals surface area contributed by atoms with Crippen molar-refractivity contribution in [1.29, 1.82) is 0 Å². The van der Waals surface area contributed by atoms with Crippen LogP contribution in [0.15, 0.2) is 4.99 Å². The van der Waals surface area contributed by atoms with Gasteiger partial charge in [0.25, 0.3) is 0 Å². The van der Waals surface area contributed by atoms with Gasteiger partial charge in [-0.25, -0.2) is 9.79 Å². The molecular weight excluding hydrogens is 206 g/mol. The maximum Gasteiger partial charge on any atom is 0.305 e. The van der Waals surface area contributed by atoms with Gasteiger partial charge >= 0.3 is 5.97 Å². The highest BCUT2D eigenvalue weighted by Gasteiger charge is 2.00. The smallest absolute Gasteiger partial charge is 0.305 e. The average molecular weight is 227 g/mol. The van der Waals surface area contributed by atoms with E-state index in [-0.39, 0.29) is 5.97 Å². The van der Waals surface area contributed by atoms with E-state index in [4.69, 9.17) is 4.74 Å². The van der Waals surface area contributed by atoms with Gasteiger partial charge in [-0.1, -0.05) is 25.7 Å². The number of carbonyl (C=O) groups is 1. The van der Waals surface area contributed by atoms with Gasteiger partial charge in [-0.2, -0.15) is 0 Å².